The summed E-state index contributed by atoms with van der Waals surface area (Å²) in [5.41, 5.74) is 0.802. The van der Waals surface area contributed by atoms with Crippen molar-refractivity contribution in [1.82, 2.24) is 0 Å². The highest BCUT2D eigenvalue weighted by molar-refractivity contribution is 5.36. The van der Waals surface area contributed by atoms with E-state index in [4.69, 9.17) is 10.00 Å². The lowest BCUT2D eigenvalue weighted by Gasteiger charge is -2.22. The minimum Gasteiger partial charge on any atom is -0.381 e. The molecule has 1 aliphatic rings. The number of ether oxygens (including phenoxy) is 1. The molecular formula is C12H12FNO. The lowest BCUT2D eigenvalue weighted by Crippen LogP contribution is -2.15. The van der Waals surface area contributed by atoms with Crippen molar-refractivity contribution in [2.75, 3.05) is 13.2 Å². The fourth-order valence-electron chi connectivity index (χ4n) is 1.96. The van der Waals surface area contributed by atoms with Gasteiger partial charge in [-0.3, -0.25) is 0 Å². The van der Waals surface area contributed by atoms with E-state index in [1.54, 1.807) is 12.1 Å². The van der Waals surface area contributed by atoms with Crippen molar-refractivity contribution in [1.29, 1.82) is 5.26 Å². The molecule has 1 aliphatic heterocycles. The Bertz CT molecular complexity index is 391. The van der Waals surface area contributed by atoms with Gasteiger partial charge in [0.25, 0.3) is 0 Å². The highest BCUT2D eigenvalue weighted by Gasteiger charge is 2.20. The first-order valence-electron chi connectivity index (χ1n) is 5.09. The maximum Gasteiger partial charge on any atom is 0.144 e. The fraction of sp³-hybridized carbons (Fsp3) is 0.417. The molecule has 1 aromatic rings. The monoisotopic (exact) mass is 205 g/mol. The topological polar surface area (TPSA) is 33.0 Å². The second-order valence-electron chi connectivity index (χ2n) is 3.71. The largest absolute Gasteiger partial charge is 0.381 e. The molecule has 1 aromatic carbocycles. The Hall–Kier alpha value is -1.40. The van der Waals surface area contributed by atoms with Gasteiger partial charge in [-0.1, -0.05) is 12.1 Å². The highest BCUT2D eigenvalue weighted by atomic mass is 19.1. The lowest BCUT2D eigenvalue weighted by molar-refractivity contribution is 0.0846. The van der Waals surface area contributed by atoms with Crippen molar-refractivity contribution in [3.05, 3.63) is 35.1 Å². The molecule has 0 unspecified atom stereocenters. The van der Waals surface area contributed by atoms with Gasteiger partial charge in [0.15, 0.2) is 0 Å². The van der Waals surface area contributed by atoms with E-state index in [1.807, 2.05) is 6.07 Å². The predicted molar refractivity (Wildman–Crippen MR) is 53.9 cm³/mol. The summed E-state index contributed by atoms with van der Waals surface area (Å²) in [4.78, 5) is 0. The van der Waals surface area contributed by atoms with Crippen LogP contribution in [0, 0.1) is 17.1 Å². The minimum atomic E-state index is -0.355. The fourth-order valence-corrected chi connectivity index (χ4v) is 1.96. The molecule has 0 aromatic heterocycles. The van der Waals surface area contributed by atoms with Crippen LogP contribution >= 0.6 is 0 Å². The summed E-state index contributed by atoms with van der Waals surface area (Å²) in [5.74, 6) is -0.154. The Morgan fingerprint density at radius 2 is 2.07 bits per heavy atom. The van der Waals surface area contributed by atoms with Crippen LogP contribution in [0.25, 0.3) is 0 Å². The van der Waals surface area contributed by atoms with E-state index in [-0.39, 0.29) is 17.3 Å². The predicted octanol–water partition coefficient (Wildman–Crippen LogP) is 2.59. The van der Waals surface area contributed by atoms with E-state index >= 15 is 0 Å². The van der Waals surface area contributed by atoms with Crippen molar-refractivity contribution in [3.63, 3.8) is 0 Å². The lowest BCUT2D eigenvalue weighted by atomic mass is 9.90. The number of halogens is 1. The van der Waals surface area contributed by atoms with E-state index in [1.165, 1.54) is 6.07 Å². The molecule has 1 fully saturated rings. The number of hydrogen-bond acceptors (Lipinski definition) is 2. The number of nitrogens with zero attached hydrogens (tertiary/aromatic N) is 1. The molecular weight excluding hydrogens is 193 g/mol. The Kier molecular flexibility index (Phi) is 2.98. The summed E-state index contributed by atoms with van der Waals surface area (Å²) in [7, 11) is 0. The molecule has 2 rings (SSSR count). The van der Waals surface area contributed by atoms with E-state index in [9.17, 15) is 4.39 Å². The molecule has 0 aliphatic carbocycles. The van der Waals surface area contributed by atoms with Crippen LogP contribution in [0.3, 0.4) is 0 Å². The zero-order chi connectivity index (χ0) is 10.7. The SMILES string of the molecule is N#Cc1cccc(C2CCOCC2)c1F. The van der Waals surface area contributed by atoms with Crippen LogP contribution in [0.4, 0.5) is 4.39 Å². The third-order valence-corrected chi connectivity index (χ3v) is 2.81. The van der Waals surface area contributed by atoms with Crippen molar-refractivity contribution in [2.24, 2.45) is 0 Å². The van der Waals surface area contributed by atoms with Crippen LogP contribution in [0.2, 0.25) is 0 Å². The van der Waals surface area contributed by atoms with E-state index in [2.05, 4.69) is 0 Å². The summed E-state index contributed by atoms with van der Waals surface area (Å²) in [5, 5.41) is 8.73. The Labute approximate surface area is 88.3 Å². The average molecular weight is 205 g/mol. The second-order valence-corrected chi connectivity index (χ2v) is 3.71. The van der Waals surface area contributed by atoms with E-state index < -0.39 is 0 Å². The summed E-state index contributed by atoms with van der Waals surface area (Å²) in [6, 6.07) is 6.89. The van der Waals surface area contributed by atoms with Crippen LogP contribution in [-0.2, 0) is 4.74 Å². The third kappa shape index (κ3) is 2.00. The van der Waals surface area contributed by atoms with Crippen LogP contribution in [0.15, 0.2) is 18.2 Å². The maximum absolute atomic E-state index is 13.8. The molecule has 1 heterocycles. The summed E-state index contributed by atoms with van der Waals surface area (Å²) < 4.78 is 19.0. The van der Waals surface area contributed by atoms with Crippen LogP contribution in [-0.4, -0.2) is 13.2 Å². The molecule has 0 amide bonds. The molecule has 0 atom stereocenters. The van der Waals surface area contributed by atoms with Gasteiger partial charge >= 0.3 is 0 Å². The van der Waals surface area contributed by atoms with Crippen molar-refractivity contribution < 1.29 is 9.13 Å². The van der Waals surface area contributed by atoms with Gasteiger partial charge in [0.05, 0.1) is 5.56 Å². The summed E-state index contributed by atoms with van der Waals surface area (Å²) in [6.45, 7) is 1.36. The van der Waals surface area contributed by atoms with Crippen LogP contribution < -0.4 is 0 Å². The van der Waals surface area contributed by atoms with E-state index in [0.29, 0.717) is 18.8 Å². The normalized spacial score (nSPS) is 17.3. The Balaban J connectivity index is 2.31. The second kappa shape index (κ2) is 4.41. The summed E-state index contributed by atoms with van der Waals surface area (Å²) >= 11 is 0. The average Bonchev–Trinajstić information content (AvgIpc) is 2.30. The van der Waals surface area contributed by atoms with Crippen molar-refractivity contribution >= 4 is 0 Å². The zero-order valence-electron chi connectivity index (χ0n) is 8.37. The van der Waals surface area contributed by atoms with Gasteiger partial charge in [-0.25, -0.2) is 4.39 Å². The molecule has 15 heavy (non-hydrogen) atoms. The van der Waals surface area contributed by atoms with E-state index in [0.717, 1.165) is 12.8 Å². The van der Waals surface area contributed by atoms with Gasteiger partial charge in [-0.15, -0.1) is 0 Å². The first-order chi connectivity index (χ1) is 7.33. The molecule has 0 spiro atoms. The Morgan fingerprint density at radius 1 is 1.33 bits per heavy atom. The molecule has 1 saturated heterocycles. The molecule has 78 valence electrons. The van der Waals surface area contributed by atoms with Gasteiger partial charge in [0, 0.05) is 13.2 Å². The van der Waals surface area contributed by atoms with Gasteiger partial charge in [-0.2, -0.15) is 5.26 Å². The maximum atomic E-state index is 13.8. The third-order valence-electron chi connectivity index (χ3n) is 2.81. The van der Waals surface area contributed by atoms with Gasteiger partial charge in [0.2, 0.25) is 0 Å². The Morgan fingerprint density at radius 3 is 2.73 bits per heavy atom. The molecule has 3 heteroatoms. The standard InChI is InChI=1S/C12H12FNO/c13-12-10(8-14)2-1-3-11(12)9-4-6-15-7-5-9/h1-3,9H,4-7H2. The van der Waals surface area contributed by atoms with Crippen LogP contribution in [0.1, 0.15) is 29.9 Å². The van der Waals surface area contributed by atoms with Gasteiger partial charge in [-0.05, 0) is 30.4 Å². The van der Waals surface area contributed by atoms with Gasteiger partial charge < -0.3 is 4.74 Å². The number of nitriles is 1. The van der Waals surface area contributed by atoms with Gasteiger partial charge in [0.1, 0.15) is 11.9 Å². The first kappa shape index (κ1) is 10.1. The minimum absolute atomic E-state index is 0.138. The molecule has 0 bridgehead atoms. The van der Waals surface area contributed by atoms with Crippen LogP contribution in [0.5, 0.6) is 0 Å². The van der Waals surface area contributed by atoms with Crippen molar-refractivity contribution in [2.45, 2.75) is 18.8 Å². The highest BCUT2D eigenvalue weighted by Crippen LogP contribution is 2.29. The smallest absolute Gasteiger partial charge is 0.144 e. The molecule has 0 N–H and O–H groups in total. The zero-order valence-corrected chi connectivity index (χ0v) is 8.37. The first-order valence-corrected chi connectivity index (χ1v) is 5.09. The quantitative estimate of drug-likeness (QED) is 0.706. The number of benzene rings is 1. The molecule has 0 saturated carbocycles. The number of hydrogen-bond donors (Lipinski definition) is 0. The molecule has 2 nitrogen and oxygen atoms in total. The van der Waals surface area contributed by atoms with Crippen molar-refractivity contribution in [3.8, 4) is 6.07 Å². The molecule has 0 radical (unpaired) electrons. The number of rotatable bonds is 1. The summed E-state index contributed by atoms with van der Waals surface area (Å²) in [6.07, 6.45) is 1.68.